The highest BCUT2D eigenvalue weighted by Gasteiger charge is 2.47. The average Bonchev–Trinajstić information content (AvgIpc) is 3.29. The highest BCUT2D eigenvalue weighted by atomic mass is 35.5. The van der Waals surface area contributed by atoms with Crippen molar-refractivity contribution in [1.82, 2.24) is 9.97 Å². The van der Waals surface area contributed by atoms with E-state index >= 15 is 0 Å². The number of hydrogen-bond acceptors (Lipinski definition) is 7. The lowest BCUT2D eigenvalue weighted by Gasteiger charge is -2.26. The Morgan fingerprint density at radius 3 is 2.78 bits per heavy atom. The zero-order valence-electron chi connectivity index (χ0n) is 12.0. The minimum Gasteiger partial charge on any atom is -0.462 e. The van der Waals surface area contributed by atoms with Crippen molar-refractivity contribution in [2.24, 2.45) is 0 Å². The first-order valence-electron chi connectivity index (χ1n) is 6.75. The summed E-state index contributed by atoms with van der Waals surface area (Å²) in [6.45, 7) is 0.129. The van der Waals surface area contributed by atoms with Crippen LogP contribution in [0.5, 0.6) is 0 Å². The molecule has 1 aliphatic carbocycles. The molecule has 0 bridgehead atoms. The summed E-state index contributed by atoms with van der Waals surface area (Å²) in [5.74, 6) is -5.85. The van der Waals surface area contributed by atoms with E-state index in [1.165, 1.54) is 6.92 Å². The van der Waals surface area contributed by atoms with E-state index < -0.39 is 29.0 Å². The molecule has 1 fully saturated rings. The molecule has 1 aromatic heterocycles. The van der Waals surface area contributed by atoms with E-state index in [9.17, 15) is 23.7 Å². The van der Waals surface area contributed by atoms with Crippen LogP contribution in [-0.2, 0) is 9.53 Å². The van der Waals surface area contributed by atoms with Gasteiger partial charge in [0, 0.05) is 6.04 Å². The molecular formula is C12H13ClF2N4O4. The monoisotopic (exact) mass is 350 g/mol. The van der Waals surface area contributed by atoms with Gasteiger partial charge in [0.25, 0.3) is 0 Å². The number of aromatic nitrogens is 2. The predicted molar refractivity (Wildman–Crippen MR) is 75.6 cm³/mol. The maximum absolute atomic E-state index is 14.0. The number of esters is 1. The van der Waals surface area contributed by atoms with Crippen LogP contribution in [0.3, 0.4) is 0 Å². The Balaban J connectivity index is 2.35. The van der Waals surface area contributed by atoms with Gasteiger partial charge < -0.3 is 9.64 Å². The topological polar surface area (TPSA) is 98.5 Å². The van der Waals surface area contributed by atoms with Crippen LogP contribution >= 0.6 is 11.6 Å². The van der Waals surface area contributed by atoms with Crippen LogP contribution < -0.4 is 4.90 Å². The Morgan fingerprint density at radius 2 is 2.26 bits per heavy atom. The second kappa shape index (κ2) is 6.57. The second-order valence-corrected chi connectivity index (χ2v) is 5.23. The molecule has 0 unspecified atom stereocenters. The lowest BCUT2D eigenvalue weighted by atomic mass is 10.3. The quantitative estimate of drug-likeness (QED) is 0.322. The number of rotatable bonds is 7. The van der Waals surface area contributed by atoms with Gasteiger partial charge in [0.15, 0.2) is 0 Å². The number of halogens is 3. The molecule has 11 heteroatoms. The van der Waals surface area contributed by atoms with Crippen LogP contribution in [0.4, 0.5) is 20.3 Å². The smallest absolute Gasteiger partial charge is 0.378 e. The van der Waals surface area contributed by atoms with Crippen molar-refractivity contribution in [1.29, 1.82) is 0 Å². The number of carbonyl (C=O) groups excluding carboxylic acids is 1. The van der Waals surface area contributed by atoms with E-state index in [4.69, 9.17) is 11.6 Å². The summed E-state index contributed by atoms with van der Waals surface area (Å²) in [6, 6.07) is -0.375. The SMILES string of the molecule is CCOC(=O)C(F)(F)CN(c1nc(Cl)ncc1[N+](=O)[O-])C1CC1. The molecule has 0 atom stereocenters. The molecule has 0 aliphatic heterocycles. The van der Waals surface area contributed by atoms with Crippen molar-refractivity contribution in [3.8, 4) is 0 Å². The van der Waals surface area contributed by atoms with Gasteiger partial charge in [0.2, 0.25) is 11.1 Å². The van der Waals surface area contributed by atoms with Crippen LogP contribution in [0.2, 0.25) is 5.28 Å². The number of nitrogens with zero attached hydrogens (tertiary/aromatic N) is 4. The molecule has 1 heterocycles. The van der Waals surface area contributed by atoms with Gasteiger partial charge in [-0.3, -0.25) is 10.1 Å². The zero-order chi connectivity index (χ0) is 17.2. The van der Waals surface area contributed by atoms with Crippen molar-refractivity contribution in [2.75, 3.05) is 18.1 Å². The number of hydrogen-bond donors (Lipinski definition) is 0. The number of alkyl halides is 2. The lowest BCUT2D eigenvalue weighted by Crippen LogP contribution is -2.45. The Hall–Kier alpha value is -2.10. The van der Waals surface area contributed by atoms with E-state index in [2.05, 4.69) is 14.7 Å². The fourth-order valence-electron chi connectivity index (χ4n) is 1.96. The minimum atomic E-state index is -3.83. The van der Waals surface area contributed by atoms with Crippen LogP contribution in [0.25, 0.3) is 0 Å². The van der Waals surface area contributed by atoms with E-state index in [1.54, 1.807) is 0 Å². The fourth-order valence-corrected chi connectivity index (χ4v) is 2.09. The van der Waals surface area contributed by atoms with Gasteiger partial charge in [-0.15, -0.1) is 0 Å². The van der Waals surface area contributed by atoms with Crippen molar-refractivity contribution in [2.45, 2.75) is 31.7 Å². The standard InChI is InChI=1S/C12H13ClF2N4O4/c1-2-23-10(20)12(14,15)6-18(7-3-4-7)9-8(19(21)22)5-16-11(13)17-9/h5,7H,2-4,6H2,1H3. The van der Waals surface area contributed by atoms with Crippen LogP contribution in [-0.4, -0.2) is 46.0 Å². The molecule has 0 radical (unpaired) electrons. The highest BCUT2D eigenvalue weighted by molar-refractivity contribution is 6.28. The predicted octanol–water partition coefficient (Wildman–Crippen LogP) is 2.21. The largest absolute Gasteiger partial charge is 0.462 e. The van der Waals surface area contributed by atoms with Gasteiger partial charge in [-0.2, -0.15) is 13.8 Å². The molecule has 1 aliphatic rings. The van der Waals surface area contributed by atoms with Gasteiger partial charge in [-0.1, -0.05) is 0 Å². The molecule has 126 valence electrons. The summed E-state index contributed by atoms with van der Waals surface area (Å²) in [7, 11) is 0. The number of nitro groups is 1. The Bertz CT molecular complexity index is 627. The van der Waals surface area contributed by atoms with Gasteiger partial charge >= 0.3 is 17.6 Å². The molecule has 23 heavy (non-hydrogen) atoms. The molecule has 1 aromatic rings. The zero-order valence-corrected chi connectivity index (χ0v) is 12.8. The first kappa shape index (κ1) is 17.3. The third-order valence-electron chi connectivity index (χ3n) is 3.12. The van der Waals surface area contributed by atoms with Gasteiger partial charge in [-0.25, -0.2) is 9.78 Å². The number of carbonyl (C=O) groups is 1. The van der Waals surface area contributed by atoms with E-state index in [-0.39, 0.29) is 23.8 Å². The van der Waals surface area contributed by atoms with E-state index in [1.807, 2.05) is 0 Å². The summed E-state index contributed by atoms with van der Waals surface area (Å²) in [5.41, 5.74) is -0.555. The molecule has 0 saturated heterocycles. The third kappa shape index (κ3) is 4.01. The van der Waals surface area contributed by atoms with E-state index in [0.29, 0.717) is 12.8 Å². The molecular weight excluding hydrogens is 338 g/mol. The van der Waals surface area contributed by atoms with Crippen molar-refractivity contribution in [3.63, 3.8) is 0 Å². The normalized spacial score (nSPS) is 14.4. The summed E-state index contributed by atoms with van der Waals surface area (Å²) in [6.07, 6.45) is 1.96. The van der Waals surface area contributed by atoms with Crippen molar-refractivity contribution in [3.05, 3.63) is 21.6 Å². The summed E-state index contributed by atoms with van der Waals surface area (Å²) in [5, 5.41) is 10.7. The molecule has 0 N–H and O–H groups in total. The molecule has 1 saturated carbocycles. The summed E-state index contributed by atoms with van der Waals surface area (Å²) >= 11 is 5.62. The van der Waals surface area contributed by atoms with Gasteiger partial charge in [-0.05, 0) is 31.4 Å². The van der Waals surface area contributed by atoms with Crippen molar-refractivity contribution >= 4 is 29.1 Å². The number of ether oxygens (including phenoxy) is 1. The molecule has 2 rings (SSSR count). The third-order valence-corrected chi connectivity index (χ3v) is 3.30. The van der Waals surface area contributed by atoms with Crippen LogP contribution in [0, 0.1) is 10.1 Å². The molecule has 0 aromatic carbocycles. The van der Waals surface area contributed by atoms with Crippen molar-refractivity contribution < 1.29 is 23.2 Å². The summed E-state index contributed by atoms with van der Waals surface area (Å²) < 4.78 is 32.3. The first-order valence-corrected chi connectivity index (χ1v) is 7.12. The Kier molecular flexibility index (Phi) is 4.93. The highest BCUT2D eigenvalue weighted by Crippen LogP contribution is 2.37. The number of anilines is 1. The minimum absolute atomic E-state index is 0.197. The van der Waals surface area contributed by atoms with Gasteiger partial charge in [0.05, 0.1) is 18.1 Å². The van der Waals surface area contributed by atoms with Crippen LogP contribution in [0.15, 0.2) is 6.20 Å². The second-order valence-electron chi connectivity index (χ2n) is 4.89. The fraction of sp³-hybridized carbons (Fsp3) is 0.583. The summed E-state index contributed by atoms with van der Waals surface area (Å²) in [4.78, 5) is 29.8. The van der Waals surface area contributed by atoms with E-state index in [0.717, 1.165) is 11.1 Å². The molecule has 0 amide bonds. The molecule has 0 spiro atoms. The molecule has 8 nitrogen and oxygen atoms in total. The average molecular weight is 351 g/mol. The lowest BCUT2D eigenvalue weighted by molar-refractivity contribution is -0.384. The van der Waals surface area contributed by atoms with Crippen LogP contribution in [0.1, 0.15) is 19.8 Å². The van der Waals surface area contributed by atoms with Gasteiger partial charge in [0.1, 0.15) is 6.20 Å². The Morgan fingerprint density at radius 1 is 1.61 bits per heavy atom. The first-order chi connectivity index (χ1) is 10.8. The maximum Gasteiger partial charge on any atom is 0.378 e. The maximum atomic E-state index is 14.0. The Labute approximate surface area is 134 Å².